The van der Waals surface area contributed by atoms with Crippen molar-refractivity contribution in [1.29, 1.82) is 0 Å². The van der Waals surface area contributed by atoms with E-state index in [2.05, 4.69) is 26.3 Å². The Kier molecular flexibility index (Phi) is 8.36. The second kappa shape index (κ2) is 10.6. The Labute approximate surface area is 215 Å². The number of benzene rings is 1. The van der Waals surface area contributed by atoms with E-state index in [1.54, 1.807) is 4.90 Å². The number of amides is 1. The summed E-state index contributed by atoms with van der Waals surface area (Å²) in [7, 11) is 0. The predicted octanol–water partition coefficient (Wildman–Crippen LogP) is 5.40. The summed E-state index contributed by atoms with van der Waals surface area (Å²) < 4.78 is 46.2. The number of nitrogens with one attached hydrogen (secondary N) is 1. The van der Waals surface area contributed by atoms with E-state index >= 15 is 0 Å². The van der Waals surface area contributed by atoms with E-state index in [1.165, 1.54) is 0 Å². The third-order valence-corrected chi connectivity index (χ3v) is 11.0. The molecule has 1 aliphatic rings. The standard InChI is InChI=1S/C22H27F3N5O2.3CH3.Sn/c1-5-15-12-17(29-8-10-30(11-9-29)20(31)32-21(2,3)4)6-7-18(15)28-19-26-13-16(14-27-19)22(23,24)25;;;;/h6-7,12-13H,5,8-11H2,1-4H3,(H,26,27,28);3*1H3;. The Balaban J connectivity index is 1.76. The number of aromatic nitrogens is 2. The molecule has 2 heterocycles. The number of hydrogen-bond donors (Lipinski definition) is 1. The van der Waals surface area contributed by atoms with Crippen LogP contribution in [-0.4, -0.2) is 71.1 Å². The summed E-state index contributed by atoms with van der Waals surface area (Å²) in [5.41, 5.74) is 1.55. The van der Waals surface area contributed by atoms with Gasteiger partial charge in [0.2, 0.25) is 0 Å². The van der Waals surface area contributed by atoms with E-state index in [0.717, 1.165) is 29.6 Å². The molecule has 11 heteroatoms. The zero-order valence-electron chi connectivity index (χ0n) is 22.1. The normalized spacial score (nSPS) is 15.2. The van der Waals surface area contributed by atoms with Gasteiger partial charge in [-0.05, 0) is 20.8 Å². The van der Waals surface area contributed by atoms with Gasteiger partial charge < -0.3 is 4.74 Å². The Morgan fingerprint density at radius 1 is 1.11 bits per heavy atom. The average Bonchev–Trinajstić information content (AvgIpc) is 2.77. The van der Waals surface area contributed by atoms with E-state index in [1.807, 2.05) is 54.6 Å². The summed E-state index contributed by atoms with van der Waals surface area (Å²) in [6.07, 6.45) is -3.15. The molecule has 198 valence electrons. The molecule has 1 amide bonds. The van der Waals surface area contributed by atoms with E-state index in [4.69, 9.17) is 4.74 Å². The number of halogens is 3. The number of hydrogen-bond acceptors (Lipinski definition) is 6. The van der Waals surface area contributed by atoms with Crippen molar-refractivity contribution in [3.8, 4) is 0 Å². The molecule has 0 spiro atoms. The fourth-order valence-corrected chi connectivity index (χ4v) is 8.16. The Morgan fingerprint density at radius 3 is 2.28 bits per heavy atom. The molecule has 1 aliphatic heterocycles. The molecule has 3 rings (SSSR count). The number of alkyl halides is 3. The fraction of sp³-hybridized carbons (Fsp3) is 0.560. The van der Waals surface area contributed by atoms with Gasteiger partial charge in [-0.1, -0.05) is 0 Å². The molecule has 1 saturated heterocycles. The van der Waals surface area contributed by atoms with Gasteiger partial charge in [-0.25, -0.2) is 4.79 Å². The van der Waals surface area contributed by atoms with Crippen LogP contribution in [-0.2, 0) is 17.3 Å². The van der Waals surface area contributed by atoms with Gasteiger partial charge in [-0.3, -0.25) is 0 Å². The van der Waals surface area contributed by atoms with Gasteiger partial charge in [-0.2, -0.15) is 0 Å². The molecule has 0 bridgehead atoms. The van der Waals surface area contributed by atoms with Crippen molar-refractivity contribution in [3.05, 3.63) is 35.5 Å². The first-order chi connectivity index (χ1) is 16.6. The zero-order chi connectivity index (χ0) is 26.9. The topological polar surface area (TPSA) is 70.6 Å². The maximum atomic E-state index is 13.5. The van der Waals surface area contributed by atoms with Crippen LogP contribution in [0.1, 0.15) is 38.8 Å². The van der Waals surface area contributed by atoms with Gasteiger partial charge in [0.25, 0.3) is 0 Å². The van der Waals surface area contributed by atoms with Crippen LogP contribution in [0.5, 0.6) is 0 Å². The Hall–Kier alpha value is -2.24. The summed E-state index contributed by atoms with van der Waals surface area (Å²) >= 11 is -3.18. The van der Waals surface area contributed by atoms with Crippen LogP contribution in [0.4, 0.5) is 35.3 Å². The van der Waals surface area contributed by atoms with Crippen LogP contribution in [0, 0.1) is 0 Å². The fourth-order valence-electron chi connectivity index (χ4n) is 4.01. The van der Waals surface area contributed by atoms with Gasteiger partial charge in [-0.15, -0.1) is 0 Å². The summed E-state index contributed by atoms with van der Waals surface area (Å²) in [6, 6.07) is 5.95. The summed E-state index contributed by atoms with van der Waals surface area (Å²) in [6.45, 7) is 10.1. The molecule has 1 fully saturated rings. The van der Waals surface area contributed by atoms with Crippen molar-refractivity contribution in [1.82, 2.24) is 14.9 Å². The van der Waals surface area contributed by atoms with Gasteiger partial charge in [0.15, 0.2) is 0 Å². The first-order valence-electron chi connectivity index (χ1n) is 12.2. The average molecular weight is 614 g/mol. The second-order valence-corrected chi connectivity index (χ2v) is 25.2. The van der Waals surface area contributed by atoms with E-state index in [9.17, 15) is 18.0 Å². The summed E-state index contributed by atoms with van der Waals surface area (Å²) in [5, 5.41) is 3.14. The first-order valence-corrected chi connectivity index (χ1v) is 22.1. The zero-order valence-corrected chi connectivity index (χ0v) is 24.9. The molecule has 1 aromatic heterocycles. The Morgan fingerprint density at radius 2 is 1.75 bits per heavy atom. The third-order valence-electron chi connectivity index (χ3n) is 5.82. The quantitative estimate of drug-likeness (QED) is 0.455. The first kappa shape index (κ1) is 28.3. The molecule has 0 aliphatic carbocycles. The van der Waals surface area contributed by atoms with E-state index in [-0.39, 0.29) is 15.8 Å². The number of ether oxygens (including phenoxy) is 1. The molecular formula is C25H36F3N5O2Sn. The molecule has 36 heavy (non-hydrogen) atoms. The van der Waals surface area contributed by atoms with Crippen LogP contribution in [0.2, 0.25) is 14.8 Å². The van der Waals surface area contributed by atoms with E-state index in [0.29, 0.717) is 26.2 Å². The number of piperazine rings is 1. The molecule has 2 aromatic rings. The van der Waals surface area contributed by atoms with E-state index < -0.39 is 35.7 Å². The number of carbonyl (C=O) groups is 1. The van der Waals surface area contributed by atoms with Crippen molar-refractivity contribution in [2.24, 2.45) is 0 Å². The van der Waals surface area contributed by atoms with Crippen LogP contribution >= 0.6 is 0 Å². The summed E-state index contributed by atoms with van der Waals surface area (Å²) in [4.78, 5) is 30.3. The van der Waals surface area contributed by atoms with Crippen molar-refractivity contribution >= 4 is 45.5 Å². The molecule has 0 atom stereocenters. The number of carbonyl (C=O) groups excluding carboxylic acids is 1. The van der Waals surface area contributed by atoms with Gasteiger partial charge in [0.05, 0.1) is 0 Å². The van der Waals surface area contributed by atoms with Crippen molar-refractivity contribution in [2.75, 3.05) is 36.4 Å². The van der Waals surface area contributed by atoms with Gasteiger partial charge in [0.1, 0.15) is 5.60 Å². The molecular weight excluding hydrogens is 578 g/mol. The number of aryl methyl sites for hydroxylation is 1. The molecule has 1 aromatic carbocycles. The minimum atomic E-state index is -4.47. The van der Waals surface area contributed by atoms with Crippen molar-refractivity contribution < 1.29 is 22.7 Å². The number of anilines is 3. The predicted molar refractivity (Wildman–Crippen MR) is 139 cm³/mol. The Bertz CT molecular complexity index is 1090. The number of nitrogens with zero attached hydrogens (tertiary/aromatic N) is 4. The molecule has 1 N–H and O–H groups in total. The third kappa shape index (κ3) is 7.16. The summed E-state index contributed by atoms with van der Waals surface area (Å²) in [5.74, 6) is 0.179. The van der Waals surface area contributed by atoms with Crippen molar-refractivity contribution in [2.45, 2.75) is 60.7 Å². The second-order valence-electron chi connectivity index (χ2n) is 11.0. The van der Waals surface area contributed by atoms with Crippen LogP contribution < -0.4 is 13.9 Å². The molecule has 7 nitrogen and oxygen atoms in total. The molecule has 0 radical (unpaired) electrons. The van der Waals surface area contributed by atoms with Crippen LogP contribution in [0.25, 0.3) is 0 Å². The van der Waals surface area contributed by atoms with Gasteiger partial charge >= 0.3 is 180 Å². The van der Waals surface area contributed by atoms with Crippen LogP contribution in [0.15, 0.2) is 24.4 Å². The van der Waals surface area contributed by atoms with Gasteiger partial charge in [0, 0.05) is 0 Å². The monoisotopic (exact) mass is 615 g/mol. The number of rotatable bonds is 5. The molecule has 0 unspecified atom stereocenters. The minimum absolute atomic E-state index is 0.159. The van der Waals surface area contributed by atoms with Crippen LogP contribution in [0.3, 0.4) is 0 Å². The SMILES string of the molecule is CCc1cc(N2CCN(C(=O)OC(C)(C)C)CC2)ccc1Nc1ncc(C(F)(F)F)[c]([Sn]([CH3])([CH3])[CH3])n1. The maximum absolute atomic E-state index is 13.5. The van der Waals surface area contributed by atoms with Crippen molar-refractivity contribution in [3.63, 3.8) is 0 Å². The molecule has 0 saturated carbocycles.